The van der Waals surface area contributed by atoms with Gasteiger partial charge in [-0.05, 0) is 30.5 Å². The minimum Gasteiger partial charge on any atom is -0.392 e. The maximum Gasteiger partial charge on any atom is 0.240 e. The van der Waals surface area contributed by atoms with Gasteiger partial charge in [0.05, 0.1) is 18.1 Å². The number of sulfonamides is 1. The fourth-order valence-electron chi connectivity index (χ4n) is 1.71. The molecule has 0 saturated heterocycles. The Kier molecular flexibility index (Phi) is 7.15. The molecule has 0 unspecified atom stereocenters. The number of unbranched alkanes of at least 4 members (excludes halogenated alkanes) is 1. The van der Waals surface area contributed by atoms with E-state index in [1.165, 1.54) is 6.07 Å². The average molecular weight is 301 g/mol. The number of aliphatic hydroxyl groups excluding tert-OH is 1. The largest absolute Gasteiger partial charge is 0.392 e. The van der Waals surface area contributed by atoms with Gasteiger partial charge in [-0.3, -0.25) is 0 Å². The number of aryl methyl sites for hydroxylation is 1. The predicted octanol–water partition coefficient (Wildman–Crippen LogP) is 1.58. The second kappa shape index (κ2) is 8.36. The third-order valence-corrected chi connectivity index (χ3v) is 4.51. The van der Waals surface area contributed by atoms with Gasteiger partial charge >= 0.3 is 0 Å². The molecule has 0 saturated carbocycles. The fourth-order valence-corrected chi connectivity index (χ4v) is 3.01. The summed E-state index contributed by atoms with van der Waals surface area (Å²) in [5, 5.41) is 9.08. The van der Waals surface area contributed by atoms with Gasteiger partial charge in [-0.1, -0.05) is 25.5 Å². The van der Waals surface area contributed by atoms with Gasteiger partial charge in [0, 0.05) is 13.2 Å². The summed E-state index contributed by atoms with van der Waals surface area (Å²) in [4.78, 5) is 0.206. The Balaban J connectivity index is 2.60. The lowest BCUT2D eigenvalue weighted by Gasteiger charge is -2.10. The first-order chi connectivity index (χ1) is 9.51. The first-order valence-corrected chi connectivity index (χ1v) is 8.27. The molecule has 0 heterocycles. The standard InChI is InChI=1S/C14H23NO4S/c1-3-4-8-19-9-7-15-20(17,18)14-10-13(11-16)6-5-12(14)2/h5-6,10,15-16H,3-4,7-9,11H2,1-2H3. The number of rotatable bonds is 9. The van der Waals surface area contributed by atoms with E-state index < -0.39 is 10.0 Å². The lowest BCUT2D eigenvalue weighted by Crippen LogP contribution is -2.28. The summed E-state index contributed by atoms with van der Waals surface area (Å²) in [6, 6.07) is 4.90. The molecule has 0 bridgehead atoms. The molecule has 0 aliphatic carbocycles. The normalized spacial score (nSPS) is 11.8. The molecule has 1 rings (SSSR count). The average Bonchev–Trinajstić information content (AvgIpc) is 2.43. The predicted molar refractivity (Wildman–Crippen MR) is 78.0 cm³/mol. The van der Waals surface area contributed by atoms with E-state index in [1.54, 1.807) is 19.1 Å². The SMILES string of the molecule is CCCCOCCNS(=O)(=O)c1cc(CO)ccc1C. The molecule has 0 aliphatic rings. The molecule has 0 atom stereocenters. The van der Waals surface area contributed by atoms with Gasteiger partial charge < -0.3 is 9.84 Å². The maximum atomic E-state index is 12.2. The topological polar surface area (TPSA) is 75.6 Å². The molecular weight excluding hydrogens is 278 g/mol. The Hall–Kier alpha value is -0.950. The number of hydrogen-bond acceptors (Lipinski definition) is 4. The number of aliphatic hydroxyl groups is 1. The highest BCUT2D eigenvalue weighted by Crippen LogP contribution is 2.16. The molecule has 6 heteroatoms. The van der Waals surface area contributed by atoms with Gasteiger partial charge in [-0.15, -0.1) is 0 Å². The van der Waals surface area contributed by atoms with Crippen molar-refractivity contribution in [2.24, 2.45) is 0 Å². The minimum atomic E-state index is -3.56. The van der Waals surface area contributed by atoms with Gasteiger partial charge in [-0.25, -0.2) is 13.1 Å². The highest BCUT2D eigenvalue weighted by molar-refractivity contribution is 7.89. The van der Waals surface area contributed by atoms with Crippen molar-refractivity contribution in [2.45, 2.75) is 38.2 Å². The van der Waals surface area contributed by atoms with Gasteiger partial charge in [0.1, 0.15) is 0 Å². The lowest BCUT2D eigenvalue weighted by atomic mass is 10.2. The van der Waals surface area contributed by atoms with E-state index in [0.29, 0.717) is 24.3 Å². The number of hydrogen-bond donors (Lipinski definition) is 2. The Bertz CT molecular complexity index is 514. The Morgan fingerprint density at radius 2 is 2.05 bits per heavy atom. The van der Waals surface area contributed by atoms with Crippen molar-refractivity contribution in [3.05, 3.63) is 29.3 Å². The number of nitrogens with one attached hydrogen (secondary N) is 1. The van der Waals surface area contributed by atoms with Gasteiger partial charge in [-0.2, -0.15) is 0 Å². The molecule has 0 amide bonds. The summed E-state index contributed by atoms with van der Waals surface area (Å²) in [5.74, 6) is 0. The van der Waals surface area contributed by atoms with Crippen LogP contribution in [0.1, 0.15) is 30.9 Å². The van der Waals surface area contributed by atoms with Gasteiger partial charge in [0.2, 0.25) is 10.0 Å². The second-order valence-corrected chi connectivity index (χ2v) is 6.36. The molecule has 0 radical (unpaired) electrons. The van der Waals surface area contributed by atoms with E-state index in [2.05, 4.69) is 11.6 Å². The van der Waals surface area contributed by atoms with Crippen molar-refractivity contribution in [1.82, 2.24) is 4.72 Å². The third-order valence-electron chi connectivity index (χ3n) is 2.91. The van der Waals surface area contributed by atoms with Crippen molar-refractivity contribution < 1.29 is 18.3 Å². The fraction of sp³-hybridized carbons (Fsp3) is 0.571. The van der Waals surface area contributed by atoms with Crippen LogP contribution in [0.15, 0.2) is 23.1 Å². The molecule has 5 nitrogen and oxygen atoms in total. The zero-order valence-corrected chi connectivity index (χ0v) is 12.9. The summed E-state index contributed by atoms with van der Waals surface area (Å²) in [6.45, 7) is 4.88. The van der Waals surface area contributed by atoms with Crippen LogP contribution < -0.4 is 4.72 Å². The monoisotopic (exact) mass is 301 g/mol. The van der Waals surface area contributed by atoms with E-state index in [4.69, 9.17) is 9.84 Å². The molecule has 20 heavy (non-hydrogen) atoms. The molecule has 1 aromatic rings. The van der Waals surface area contributed by atoms with Crippen molar-refractivity contribution >= 4 is 10.0 Å². The highest BCUT2D eigenvalue weighted by atomic mass is 32.2. The van der Waals surface area contributed by atoms with Crippen molar-refractivity contribution in [2.75, 3.05) is 19.8 Å². The van der Waals surface area contributed by atoms with Crippen LogP contribution in [-0.4, -0.2) is 33.3 Å². The van der Waals surface area contributed by atoms with Crippen molar-refractivity contribution in [3.63, 3.8) is 0 Å². The molecular formula is C14H23NO4S. The van der Waals surface area contributed by atoms with Crippen LogP contribution in [0, 0.1) is 6.92 Å². The van der Waals surface area contributed by atoms with Gasteiger partial charge in [0.15, 0.2) is 0 Å². The summed E-state index contributed by atoms with van der Waals surface area (Å²) in [7, 11) is -3.56. The summed E-state index contributed by atoms with van der Waals surface area (Å²) >= 11 is 0. The van der Waals surface area contributed by atoms with E-state index in [1.807, 2.05) is 0 Å². The maximum absolute atomic E-state index is 12.2. The van der Waals surface area contributed by atoms with Crippen molar-refractivity contribution in [3.8, 4) is 0 Å². The Morgan fingerprint density at radius 1 is 1.30 bits per heavy atom. The van der Waals surface area contributed by atoms with E-state index >= 15 is 0 Å². The molecule has 0 fully saturated rings. The van der Waals surface area contributed by atoms with Crippen molar-refractivity contribution in [1.29, 1.82) is 0 Å². The van der Waals surface area contributed by atoms with Crippen LogP contribution in [-0.2, 0) is 21.4 Å². The third kappa shape index (κ3) is 5.20. The van der Waals surface area contributed by atoms with Crippen LogP contribution in [0.3, 0.4) is 0 Å². The van der Waals surface area contributed by atoms with E-state index in [9.17, 15) is 8.42 Å². The first kappa shape index (κ1) is 17.1. The summed E-state index contributed by atoms with van der Waals surface area (Å²) in [5.41, 5.74) is 1.23. The van der Waals surface area contributed by atoms with Crippen LogP contribution in [0.2, 0.25) is 0 Å². The van der Waals surface area contributed by atoms with Crippen LogP contribution in [0.5, 0.6) is 0 Å². The molecule has 1 aromatic carbocycles. The zero-order chi connectivity index (χ0) is 15.0. The van der Waals surface area contributed by atoms with Gasteiger partial charge in [0.25, 0.3) is 0 Å². The first-order valence-electron chi connectivity index (χ1n) is 6.79. The molecule has 0 spiro atoms. The number of benzene rings is 1. The second-order valence-electron chi connectivity index (χ2n) is 4.62. The summed E-state index contributed by atoms with van der Waals surface area (Å²) in [6.07, 6.45) is 2.03. The highest BCUT2D eigenvalue weighted by Gasteiger charge is 2.16. The molecule has 2 N–H and O–H groups in total. The Morgan fingerprint density at radius 3 is 2.70 bits per heavy atom. The Labute approximate surface area is 121 Å². The quantitative estimate of drug-likeness (QED) is 0.679. The van der Waals surface area contributed by atoms with Crippen LogP contribution in [0.25, 0.3) is 0 Å². The molecule has 114 valence electrons. The van der Waals surface area contributed by atoms with E-state index in [0.717, 1.165) is 12.8 Å². The van der Waals surface area contributed by atoms with E-state index in [-0.39, 0.29) is 18.0 Å². The molecule has 0 aliphatic heterocycles. The van der Waals surface area contributed by atoms with Crippen LogP contribution in [0.4, 0.5) is 0 Å². The molecule has 0 aromatic heterocycles. The van der Waals surface area contributed by atoms with Crippen LogP contribution >= 0.6 is 0 Å². The minimum absolute atomic E-state index is 0.178. The number of ether oxygens (including phenoxy) is 1. The zero-order valence-electron chi connectivity index (χ0n) is 12.1. The summed E-state index contributed by atoms with van der Waals surface area (Å²) < 4.78 is 32.1. The lowest BCUT2D eigenvalue weighted by molar-refractivity contribution is 0.136. The smallest absolute Gasteiger partial charge is 0.240 e.